The van der Waals surface area contributed by atoms with E-state index in [1.807, 2.05) is 65.1 Å². The third-order valence-electron chi connectivity index (χ3n) is 4.70. The van der Waals surface area contributed by atoms with Crippen molar-refractivity contribution in [3.63, 3.8) is 0 Å². The first-order valence-electron chi connectivity index (χ1n) is 10.7. The lowest BCUT2D eigenvalue weighted by atomic mass is 10.1. The van der Waals surface area contributed by atoms with E-state index in [4.69, 9.17) is 9.47 Å². The Hall–Kier alpha value is -2.56. The predicted molar refractivity (Wildman–Crippen MR) is 144 cm³/mol. The number of hydrogen-bond donors (Lipinski definition) is 3. The van der Waals surface area contributed by atoms with Crippen LogP contribution in [0.1, 0.15) is 43.2 Å². The third kappa shape index (κ3) is 9.45. The number of guanidine groups is 1. The fraction of sp³-hybridized carbons (Fsp3) is 0.458. The Morgan fingerprint density at radius 1 is 1.12 bits per heavy atom. The molecule has 0 unspecified atom stereocenters. The number of pyridine rings is 1. The van der Waals surface area contributed by atoms with Gasteiger partial charge in [0.05, 0.1) is 19.3 Å². The number of benzene rings is 1. The number of nitrogens with one attached hydrogen (secondary N) is 3. The molecule has 9 heteroatoms. The van der Waals surface area contributed by atoms with E-state index < -0.39 is 11.7 Å². The summed E-state index contributed by atoms with van der Waals surface area (Å²) in [4.78, 5) is 20.6. The molecule has 182 valence electrons. The average Bonchev–Trinajstić information content (AvgIpc) is 2.72. The summed E-state index contributed by atoms with van der Waals surface area (Å²) in [5.74, 6) is 1.57. The van der Waals surface area contributed by atoms with Crippen molar-refractivity contribution in [2.45, 2.75) is 53.2 Å². The number of aryl methyl sites for hydroxylation is 1. The van der Waals surface area contributed by atoms with E-state index in [0.29, 0.717) is 24.7 Å². The predicted octanol–water partition coefficient (Wildman–Crippen LogP) is 4.58. The Labute approximate surface area is 214 Å². The third-order valence-corrected chi connectivity index (χ3v) is 4.70. The number of rotatable bonds is 7. The topological polar surface area (TPSA) is 96.9 Å². The van der Waals surface area contributed by atoms with Gasteiger partial charge in [-0.15, -0.1) is 24.0 Å². The molecule has 0 spiro atoms. The smallest absolute Gasteiger partial charge is 0.412 e. The molecular weight excluding hydrogens is 533 g/mol. The molecule has 1 aromatic carbocycles. The van der Waals surface area contributed by atoms with Crippen LogP contribution < -0.4 is 20.7 Å². The molecule has 0 radical (unpaired) electrons. The number of anilines is 1. The van der Waals surface area contributed by atoms with Crippen molar-refractivity contribution in [1.29, 1.82) is 0 Å². The fourth-order valence-electron chi connectivity index (χ4n) is 3.14. The van der Waals surface area contributed by atoms with Gasteiger partial charge in [-0.25, -0.2) is 4.79 Å². The maximum absolute atomic E-state index is 11.9. The van der Waals surface area contributed by atoms with E-state index in [0.717, 1.165) is 34.6 Å². The SMILES string of the molecule is CN=C(NCCc1ccc(NC(=O)OC(C)(C)C)cc1)NCc1ncc(C)c(OC)c1C.I. The molecule has 1 aromatic heterocycles. The molecule has 3 N–H and O–H groups in total. The fourth-order valence-corrected chi connectivity index (χ4v) is 3.14. The molecule has 0 atom stereocenters. The van der Waals surface area contributed by atoms with Crippen LogP contribution in [0.2, 0.25) is 0 Å². The van der Waals surface area contributed by atoms with Crippen molar-refractivity contribution in [2.75, 3.05) is 26.0 Å². The summed E-state index contributed by atoms with van der Waals surface area (Å²) in [6, 6.07) is 7.70. The first kappa shape index (κ1) is 28.5. The zero-order valence-corrected chi connectivity index (χ0v) is 22.9. The van der Waals surface area contributed by atoms with Crippen LogP contribution in [0.15, 0.2) is 35.5 Å². The van der Waals surface area contributed by atoms with Crippen LogP contribution in [-0.2, 0) is 17.7 Å². The lowest BCUT2D eigenvalue weighted by molar-refractivity contribution is 0.0636. The van der Waals surface area contributed by atoms with Crippen molar-refractivity contribution >= 4 is 41.7 Å². The highest BCUT2D eigenvalue weighted by atomic mass is 127. The van der Waals surface area contributed by atoms with E-state index in [-0.39, 0.29) is 24.0 Å². The van der Waals surface area contributed by atoms with Crippen LogP contribution in [-0.4, -0.2) is 43.3 Å². The first-order chi connectivity index (χ1) is 15.1. The van der Waals surface area contributed by atoms with Crippen molar-refractivity contribution in [2.24, 2.45) is 4.99 Å². The second-order valence-corrected chi connectivity index (χ2v) is 8.47. The highest BCUT2D eigenvalue weighted by Gasteiger charge is 2.16. The summed E-state index contributed by atoms with van der Waals surface area (Å²) >= 11 is 0. The van der Waals surface area contributed by atoms with Gasteiger partial charge in [0, 0.05) is 36.6 Å². The van der Waals surface area contributed by atoms with Gasteiger partial charge in [-0.3, -0.25) is 15.3 Å². The summed E-state index contributed by atoms with van der Waals surface area (Å²) < 4.78 is 10.7. The lowest BCUT2D eigenvalue weighted by Gasteiger charge is -2.19. The largest absolute Gasteiger partial charge is 0.496 e. The number of aliphatic imine (C=N–C) groups is 1. The van der Waals surface area contributed by atoms with Gasteiger partial charge in [0.2, 0.25) is 0 Å². The second kappa shape index (κ2) is 13.2. The number of carbonyl (C=O) groups is 1. The molecule has 1 heterocycles. The van der Waals surface area contributed by atoms with Gasteiger partial charge in [0.25, 0.3) is 0 Å². The maximum atomic E-state index is 11.9. The van der Waals surface area contributed by atoms with E-state index in [9.17, 15) is 4.79 Å². The number of carbonyl (C=O) groups excluding carboxylic acids is 1. The van der Waals surface area contributed by atoms with Crippen molar-refractivity contribution in [3.05, 3.63) is 52.8 Å². The van der Waals surface area contributed by atoms with Gasteiger partial charge in [0.1, 0.15) is 11.4 Å². The van der Waals surface area contributed by atoms with E-state index in [1.165, 1.54) is 0 Å². The lowest BCUT2D eigenvalue weighted by Crippen LogP contribution is -2.38. The molecule has 0 saturated carbocycles. The van der Waals surface area contributed by atoms with Gasteiger partial charge < -0.3 is 20.1 Å². The van der Waals surface area contributed by atoms with Crippen molar-refractivity contribution in [3.8, 4) is 5.75 Å². The van der Waals surface area contributed by atoms with Crippen LogP contribution in [0.5, 0.6) is 5.75 Å². The van der Waals surface area contributed by atoms with Gasteiger partial charge >= 0.3 is 6.09 Å². The number of nitrogens with zero attached hydrogens (tertiary/aromatic N) is 2. The molecule has 0 aliphatic rings. The minimum absolute atomic E-state index is 0. The Morgan fingerprint density at radius 2 is 1.79 bits per heavy atom. The molecule has 8 nitrogen and oxygen atoms in total. The average molecular weight is 569 g/mol. The van der Waals surface area contributed by atoms with Crippen LogP contribution >= 0.6 is 24.0 Å². The molecule has 0 saturated heterocycles. The van der Waals surface area contributed by atoms with Gasteiger partial charge in [-0.2, -0.15) is 0 Å². The number of hydrogen-bond acceptors (Lipinski definition) is 5. The Balaban J connectivity index is 0.00000544. The summed E-state index contributed by atoms with van der Waals surface area (Å²) in [7, 11) is 3.41. The molecule has 0 aliphatic carbocycles. The molecule has 2 rings (SSSR count). The van der Waals surface area contributed by atoms with Crippen LogP contribution in [0.25, 0.3) is 0 Å². The summed E-state index contributed by atoms with van der Waals surface area (Å²) in [5, 5.41) is 9.34. The second-order valence-electron chi connectivity index (χ2n) is 8.47. The summed E-state index contributed by atoms with van der Waals surface area (Å²) in [6.07, 6.45) is 2.17. The minimum atomic E-state index is -0.525. The van der Waals surface area contributed by atoms with E-state index >= 15 is 0 Å². The van der Waals surface area contributed by atoms with Crippen molar-refractivity contribution in [1.82, 2.24) is 15.6 Å². The quantitative estimate of drug-likeness (QED) is 0.257. The summed E-state index contributed by atoms with van der Waals surface area (Å²) in [6.45, 7) is 10.8. The summed E-state index contributed by atoms with van der Waals surface area (Å²) in [5.41, 5.74) is 4.28. The van der Waals surface area contributed by atoms with Gasteiger partial charge in [-0.1, -0.05) is 12.1 Å². The Bertz CT molecular complexity index is 940. The Kier molecular flexibility index (Phi) is 11.4. The number of amides is 1. The highest BCUT2D eigenvalue weighted by molar-refractivity contribution is 14.0. The standard InChI is InChI=1S/C24H35N5O3.HI/c1-16-14-27-20(17(2)21(16)31-7)15-28-22(25-6)26-13-12-18-8-10-19(11-9-18)29-23(30)32-24(3,4)5;/h8-11,14H,12-13,15H2,1-7H3,(H,29,30)(H2,25,26,28);1H. The van der Waals surface area contributed by atoms with E-state index in [2.05, 4.69) is 25.9 Å². The van der Waals surface area contributed by atoms with Crippen molar-refractivity contribution < 1.29 is 14.3 Å². The van der Waals surface area contributed by atoms with Crippen LogP contribution in [0, 0.1) is 13.8 Å². The maximum Gasteiger partial charge on any atom is 0.412 e. The zero-order valence-electron chi connectivity index (χ0n) is 20.5. The zero-order chi connectivity index (χ0) is 23.7. The molecular formula is C24H36IN5O3. The number of methoxy groups -OCH3 is 1. The highest BCUT2D eigenvalue weighted by Crippen LogP contribution is 2.23. The molecule has 2 aromatic rings. The molecule has 0 aliphatic heterocycles. The minimum Gasteiger partial charge on any atom is -0.496 e. The number of aromatic nitrogens is 1. The Morgan fingerprint density at radius 3 is 2.36 bits per heavy atom. The monoisotopic (exact) mass is 569 g/mol. The van der Waals surface area contributed by atoms with Gasteiger partial charge in [0.15, 0.2) is 5.96 Å². The van der Waals surface area contributed by atoms with Crippen LogP contribution in [0.4, 0.5) is 10.5 Å². The number of halogens is 1. The first-order valence-corrected chi connectivity index (χ1v) is 10.7. The number of ether oxygens (including phenoxy) is 2. The van der Waals surface area contributed by atoms with Crippen LogP contribution in [0.3, 0.4) is 0 Å². The normalized spacial score (nSPS) is 11.3. The molecule has 0 fully saturated rings. The van der Waals surface area contributed by atoms with Gasteiger partial charge in [-0.05, 0) is 58.7 Å². The molecule has 1 amide bonds. The molecule has 0 bridgehead atoms. The van der Waals surface area contributed by atoms with E-state index in [1.54, 1.807) is 14.2 Å². The molecule has 33 heavy (non-hydrogen) atoms.